The molecule has 7 nitrogen and oxygen atoms in total. The third-order valence-corrected chi connectivity index (χ3v) is 2.34. The number of nitrogens with two attached hydrogens (primary N) is 1. The van der Waals surface area contributed by atoms with Crippen molar-refractivity contribution in [1.82, 2.24) is 10.2 Å². The van der Waals surface area contributed by atoms with Crippen LogP contribution in [0.15, 0.2) is 41.2 Å². The van der Waals surface area contributed by atoms with Gasteiger partial charge in [-0.25, -0.2) is 5.10 Å². The van der Waals surface area contributed by atoms with Crippen LogP contribution >= 0.6 is 0 Å². The summed E-state index contributed by atoms with van der Waals surface area (Å²) in [6.07, 6.45) is 0. The Hall–Kier alpha value is -2.96. The number of amides is 2. The summed E-state index contributed by atoms with van der Waals surface area (Å²) >= 11 is 0. The quantitative estimate of drug-likeness (QED) is 0.724. The van der Waals surface area contributed by atoms with Crippen molar-refractivity contribution in [3.05, 3.63) is 58.0 Å². The fourth-order valence-corrected chi connectivity index (χ4v) is 1.38. The molecule has 0 radical (unpaired) electrons. The molecule has 0 aliphatic carbocycles. The van der Waals surface area contributed by atoms with Gasteiger partial charge in [-0.2, -0.15) is 5.10 Å². The van der Waals surface area contributed by atoms with Crippen LogP contribution < -0.4 is 16.6 Å². The van der Waals surface area contributed by atoms with Crippen LogP contribution in [-0.4, -0.2) is 22.0 Å². The van der Waals surface area contributed by atoms with Gasteiger partial charge < -0.3 is 11.1 Å². The Balaban J connectivity index is 2.12. The summed E-state index contributed by atoms with van der Waals surface area (Å²) in [6.45, 7) is 0. The van der Waals surface area contributed by atoms with Gasteiger partial charge in [0.25, 0.3) is 11.5 Å². The van der Waals surface area contributed by atoms with Crippen molar-refractivity contribution in [1.29, 1.82) is 0 Å². The zero-order valence-corrected chi connectivity index (χ0v) is 9.71. The van der Waals surface area contributed by atoms with Crippen LogP contribution in [0, 0.1) is 0 Å². The summed E-state index contributed by atoms with van der Waals surface area (Å²) < 4.78 is 0. The first-order valence-electron chi connectivity index (χ1n) is 5.33. The summed E-state index contributed by atoms with van der Waals surface area (Å²) in [5.74, 6) is -1.01. The van der Waals surface area contributed by atoms with Crippen molar-refractivity contribution in [3.63, 3.8) is 0 Å². The van der Waals surface area contributed by atoms with Gasteiger partial charge in [0.2, 0.25) is 5.91 Å². The molecule has 0 bridgehead atoms. The van der Waals surface area contributed by atoms with Crippen LogP contribution in [0.25, 0.3) is 0 Å². The SMILES string of the molecule is NC(=O)c1ccc(NC(=O)c2ccc(=O)[nH]n2)cc1. The molecular weight excluding hydrogens is 248 g/mol. The fourth-order valence-electron chi connectivity index (χ4n) is 1.38. The lowest BCUT2D eigenvalue weighted by atomic mass is 10.2. The molecule has 0 fully saturated rings. The molecule has 7 heteroatoms. The van der Waals surface area contributed by atoms with Crippen LogP contribution in [0.4, 0.5) is 5.69 Å². The third-order valence-electron chi connectivity index (χ3n) is 2.34. The van der Waals surface area contributed by atoms with Gasteiger partial charge in [0.15, 0.2) is 0 Å². The average Bonchev–Trinajstić information content (AvgIpc) is 2.40. The number of H-pyrrole nitrogens is 1. The maximum Gasteiger partial charge on any atom is 0.276 e. The fraction of sp³-hybridized carbons (Fsp3) is 0. The summed E-state index contributed by atoms with van der Waals surface area (Å²) in [4.78, 5) is 33.4. The molecule has 96 valence electrons. The monoisotopic (exact) mass is 258 g/mol. The molecule has 2 aromatic rings. The molecule has 1 aromatic carbocycles. The van der Waals surface area contributed by atoms with Gasteiger partial charge in [0, 0.05) is 17.3 Å². The minimum Gasteiger partial charge on any atom is -0.366 e. The summed E-state index contributed by atoms with van der Waals surface area (Å²) in [5.41, 5.74) is 5.63. The van der Waals surface area contributed by atoms with Crippen molar-refractivity contribution in [3.8, 4) is 0 Å². The summed E-state index contributed by atoms with van der Waals surface area (Å²) in [5, 5.41) is 8.33. The Bertz CT molecular complexity index is 656. The van der Waals surface area contributed by atoms with E-state index in [1.54, 1.807) is 12.1 Å². The molecule has 0 atom stereocenters. The van der Waals surface area contributed by atoms with E-state index in [0.29, 0.717) is 11.3 Å². The second-order valence-electron chi connectivity index (χ2n) is 3.70. The lowest BCUT2D eigenvalue weighted by Gasteiger charge is -2.04. The second-order valence-corrected chi connectivity index (χ2v) is 3.70. The Labute approximate surface area is 107 Å². The molecule has 19 heavy (non-hydrogen) atoms. The highest BCUT2D eigenvalue weighted by Gasteiger charge is 2.08. The minimum absolute atomic E-state index is 0.0820. The zero-order chi connectivity index (χ0) is 13.8. The predicted molar refractivity (Wildman–Crippen MR) is 67.8 cm³/mol. The highest BCUT2D eigenvalue weighted by atomic mass is 16.2. The van der Waals surface area contributed by atoms with Crippen molar-refractivity contribution in [2.24, 2.45) is 5.73 Å². The first-order valence-corrected chi connectivity index (χ1v) is 5.33. The molecule has 0 unspecified atom stereocenters. The lowest BCUT2D eigenvalue weighted by molar-refractivity contribution is 0.0997. The van der Waals surface area contributed by atoms with Crippen LogP contribution in [0.2, 0.25) is 0 Å². The number of hydrogen-bond donors (Lipinski definition) is 3. The number of aromatic amines is 1. The molecule has 0 aliphatic heterocycles. The van der Waals surface area contributed by atoms with Crippen molar-refractivity contribution in [2.75, 3.05) is 5.32 Å². The van der Waals surface area contributed by atoms with Gasteiger partial charge in [-0.15, -0.1) is 0 Å². The molecule has 2 amide bonds. The largest absolute Gasteiger partial charge is 0.366 e. The normalized spacial score (nSPS) is 9.89. The molecule has 2 rings (SSSR count). The molecular formula is C12H10N4O3. The van der Waals surface area contributed by atoms with E-state index in [9.17, 15) is 14.4 Å². The number of carbonyl (C=O) groups is 2. The van der Waals surface area contributed by atoms with Gasteiger partial charge in [-0.1, -0.05) is 0 Å². The first kappa shape index (κ1) is 12.5. The van der Waals surface area contributed by atoms with E-state index in [-0.39, 0.29) is 11.3 Å². The number of anilines is 1. The molecule has 0 saturated carbocycles. The summed E-state index contributed by atoms with van der Waals surface area (Å²) in [7, 11) is 0. The number of nitrogens with one attached hydrogen (secondary N) is 2. The van der Waals surface area contributed by atoms with Crippen LogP contribution in [0.5, 0.6) is 0 Å². The molecule has 1 aromatic heterocycles. The van der Waals surface area contributed by atoms with E-state index in [2.05, 4.69) is 15.5 Å². The number of carbonyl (C=O) groups excluding carboxylic acids is 2. The Morgan fingerprint density at radius 3 is 2.32 bits per heavy atom. The predicted octanol–water partition coefficient (Wildman–Crippen LogP) is 0.121. The van der Waals surface area contributed by atoms with Gasteiger partial charge in [0.05, 0.1) is 0 Å². The van der Waals surface area contributed by atoms with Crippen LogP contribution in [0.3, 0.4) is 0 Å². The number of rotatable bonds is 3. The Morgan fingerprint density at radius 1 is 1.11 bits per heavy atom. The number of nitrogens with zero attached hydrogens (tertiary/aromatic N) is 1. The maximum atomic E-state index is 11.8. The van der Waals surface area contributed by atoms with Crippen molar-refractivity contribution >= 4 is 17.5 Å². The highest BCUT2D eigenvalue weighted by Crippen LogP contribution is 2.10. The van der Waals surface area contributed by atoms with E-state index < -0.39 is 11.8 Å². The number of benzene rings is 1. The molecule has 1 heterocycles. The molecule has 4 N–H and O–H groups in total. The third kappa shape index (κ3) is 3.03. The highest BCUT2D eigenvalue weighted by molar-refractivity contribution is 6.03. The van der Waals surface area contributed by atoms with E-state index in [1.165, 1.54) is 24.3 Å². The van der Waals surface area contributed by atoms with E-state index in [4.69, 9.17) is 5.73 Å². The van der Waals surface area contributed by atoms with Gasteiger partial charge >= 0.3 is 0 Å². The van der Waals surface area contributed by atoms with Crippen LogP contribution in [0.1, 0.15) is 20.8 Å². The van der Waals surface area contributed by atoms with Crippen molar-refractivity contribution < 1.29 is 9.59 Å². The van der Waals surface area contributed by atoms with Gasteiger partial charge in [-0.3, -0.25) is 14.4 Å². The van der Waals surface area contributed by atoms with Gasteiger partial charge in [0.1, 0.15) is 5.69 Å². The Morgan fingerprint density at radius 2 is 1.79 bits per heavy atom. The smallest absolute Gasteiger partial charge is 0.276 e. The minimum atomic E-state index is -0.542. The zero-order valence-electron chi connectivity index (χ0n) is 9.71. The van der Waals surface area contributed by atoms with E-state index >= 15 is 0 Å². The first-order chi connectivity index (χ1) is 9.06. The second kappa shape index (κ2) is 5.13. The van der Waals surface area contributed by atoms with Crippen molar-refractivity contribution in [2.45, 2.75) is 0 Å². The van der Waals surface area contributed by atoms with E-state index in [1.807, 2.05) is 0 Å². The maximum absolute atomic E-state index is 11.8. The van der Waals surface area contributed by atoms with E-state index in [0.717, 1.165) is 0 Å². The number of primary amides is 1. The van der Waals surface area contributed by atoms with Crippen LogP contribution in [-0.2, 0) is 0 Å². The molecule has 0 aliphatic rings. The summed E-state index contributed by atoms with van der Waals surface area (Å²) in [6, 6.07) is 8.61. The molecule has 0 spiro atoms. The lowest BCUT2D eigenvalue weighted by Crippen LogP contribution is -2.17. The number of aromatic nitrogens is 2. The van der Waals surface area contributed by atoms with Gasteiger partial charge in [-0.05, 0) is 30.3 Å². The standard InChI is InChI=1S/C12H10N4O3/c13-11(18)7-1-3-8(4-2-7)14-12(19)9-5-6-10(17)16-15-9/h1-6H,(H2,13,18)(H,14,19)(H,16,17). The average molecular weight is 258 g/mol. The topological polar surface area (TPSA) is 118 Å². The number of hydrogen-bond acceptors (Lipinski definition) is 4. The molecule has 0 saturated heterocycles. The Kier molecular flexibility index (Phi) is 3.37.